The maximum atomic E-state index is 12.8. The summed E-state index contributed by atoms with van der Waals surface area (Å²) in [6, 6.07) is 18.2. The molecule has 1 amide bonds. The van der Waals surface area contributed by atoms with Gasteiger partial charge in [-0.1, -0.05) is 42.5 Å². The highest BCUT2D eigenvalue weighted by Crippen LogP contribution is 2.24. The van der Waals surface area contributed by atoms with Crippen molar-refractivity contribution in [2.24, 2.45) is 0 Å². The van der Waals surface area contributed by atoms with Gasteiger partial charge in [-0.15, -0.1) is 22.7 Å². The molecule has 146 valence electrons. The van der Waals surface area contributed by atoms with Crippen LogP contribution in [0.25, 0.3) is 21.5 Å². The van der Waals surface area contributed by atoms with Gasteiger partial charge in [-0.2, -0.15) is 0 Å². The Morgan fingerprint density at radius 1 is 0.931 bits per heavy atom. The molecule has 0 N–H and O–H groups in total. The fourth-order valence-electron chi connectivity index (χ4n) is 3.52. The molecule has 0 spiro atoms. The molecule has 1 aliphatic rings. The van der Waals surface area contributed by atoms with Crippen LogP contribution in [-0.4, -0.2) is 51.9 Å². The maximum Gasteiger partial charge on any atom is 0.282 e. The van der Waals surface area contributed by atoms with E-state index in [1.54, 1.807) is 11.3 Å². The number of carbonyl (C=O) groups excluding carboxylic acids is 1. The number of aromatic nitrogens is 2. The second-order valence-electron chi connectivity index (χ2n) is 7.05. The quantitative estimate of drug-likeness (QED) is 0.492. The minimum Gasteiger partial charge on any atom is -0.334 e. The molecule has 0 unspecified atom stereocenters. The molecule has 0 aliphatic carbocycles. The third-order valence-electron chi connectivity index (χ3n) is 5.12. The highest BCUT2D eigenvalue weighted by atomic mass is 32.1. The van der Waals surface area contributed by atoms with E-state index in [0.717, 1.165) is 59.2 Å². The molecule has 4 aromatic rings. The first kappa shape index (κ1) is 18.4. The molecular weight excluding hydrogens is 400 g/mol. The van der Waals surface area contributed by atoms with Crippen LogP contribution in [0.15, 0.2) is 60.0 Å². The van der Waals surface area contributed by atoms with Crippen molar-refractivity contribution in [1.29, 1.82) is 0 Å². The number of rotatable bonds is 4. The topological polar surface area (TPSA) is 49.3 Å². The lowest BCUT2D eigenvalue weighted by molar-refractivity contribution is 0.0628. The first-order valence-electron chi connectivity index (χ1n) is 9.63. The molecular formula is C22H20N4OS2. The van der Waals surface area contributed by atoms with Gasteiger partial charge in [0.25, 0.3) is 5.91 Å². The van der Waals surface area contributed by atoms with E-state index in [0.29, 0.717) is 5.01 Å². The number of fused-ring (bicyclic) bond motifs is 1. The van der Waals surface area contributed by atoms with Crippen LogP contribution in [0.1, 0.15) is 14.8 Å². The van der Waals surface area contributed by atoms with Gasteiger partial charge in [-0.05, 0) is 12.1 Å². The minimum atomic E-state index is 0.0477. The number of piperazine rings is 1. The van der Waals surface area contributed by atoms with Crippen molar-refractivity contribution >= 4 is 38.8 Å². The van der Waals surface area contributed by atoms with Gasteiger partial charge in [0.2, 0.25) is 0 Å². The number of amides is 1. The van der Waals surface area contributed by atoms with Crippen molar-refractivity contribution in [1.82, 2.24) is 19.8 Å². The molecule has 2 aromatic carbocycles. The molecule has 0 saturated carbocycles. The monoisotopic (exact) mass is 420 g/mol. The van der Waals surface area contributed by atoms with E-state index in [1.807, 2.05) is 47.4 Å². The zero-order chi connectivity index (χ0) is 19.6. The molecule has 1 fully saturated rings. The van der Waals surface area contributed by atoms with Crippen molar-refractivity contribution in [2.45, 2.75) is 6.54 Å². The van der Waals surface area contributed by atoms with Crippen molar-refractivity contribution in [2.75, 3.05) is 26.2 Å². The van der Waals surface area contributed by atoms with Crippen LogP contribution in [0, 0.1) is 0 Å². The summed E-state index contributed by atoms with van der Waals surface area (Å²) in [7, 11) is 0. The van der Waals surface area contributed by atoms with E-state index in [4.69, 9.17) is 4.98 Å². The molecule has 0 bridgehead atoms. The zero-order valence-corrected chi connectivity index (χ0v) is 17.5. The summed E-state index contributed by atoms with van der Waals surface area (Å²) in [5.41, 5.74) is 3.09. The number of benzene rings is 2. The van der Waals surface area contributed by atoms with E-state index in [9.17, 15) is 4.79 Å². The summed E-state index contributed by atoms with van der Waals surface area (Å²) in [6.07, 6.45) is 0. The first-order valence-corrected chi connectivity index (χ1v) is 11.3. The van der Waals surface area contributed by atoms with Crippen LogP contribution in [0.4, 0.5) is 0 Å². The second kappa shape index (κ2) is 8.02. The average molecular weight is 421 g/mol. The summed E-state index contributed by atoms with van der Waals surface area (Å²) in [5.74, 6) is 0.0477. The lowest BCUT2D eigenvalue weighted by atomic mass is 10.2. The average Bonchev–Trinajstić information content (AvgIpc) is 3.41. The third kappa shape index (κ3) is 3.94. The van der Waals surface area contributed by atoms with Crippen molar-refractivity contribution in [3.05, 3.63) is 70.0 Å². The summed E-state index contributed by atoms with van der Waals surface area (Å²) >= 11 is 3.18. The number of nitrogens with zero attached hydrogens (tertiary/aromatic N) is 4. The normalized spacial score (nSPS) is 15.1. The number of carbonyl (C=O) groups is 1. The Morgan fingerprint density at radius 3 is 2.48 bits per heavy atom. The van der Waals surface area contributed by atoms with Crippen LogP contribution >= 0.6 is 22.7 Å². The Labute approximate surface area is 177 Å². The largest absolute Gasteiger partial charge is 0.334 e. The number of thiazole rings is 2. The van der Waals surface area contributed by atoms with Crippen molar-refractivity contribution < 1.29 is 4.79 Å². The predicted molar refractivity (Wildman–Crippen MR) is 118 cm³/mol. The lowest BCUT2D eigenvalue weighted by Crippen LogP contribution is -2.48. The molecule has 5 rings (SSSR count). The van der Waals surface area contributed by atoms with E-state index in [1.165, 1.54) is 11.3 Å². The summed E-state index contributed by atoms with van der Waals surface area (Å²) < 4.78 is 1.06. The Bertz CT molecular complexity index is 1100. The van der Waals surface area contributed by atoms with E-state index >= 15 is 0 Å². The number of hydrogen-bond donors (Lipinski definition) is 0. The Kier molecular flexibility index (Phi) is 5.10. The highest BCUT2D eigenvalue weighted by Gasteiger charge is 2.25. The molecule has 5 nitrogen and oxygen atoms in total. The molecule has 0 radical (unpaired) electrons. The molecule has 7 heteroatoms. The van der Waals surface area contributed by atoms with E-state index in [-0.39, 0.29) is 5.91 Å². The van der Waals surface area contributed by atoms with Gasteiger partial charge in [-0.3, -0.25) is 9.69 Å². The van der Waals surface area contributed by atoms with E-state index < -0.39 is 0 Å². The minimum absolute atomic E-state index is 0.0477. The van der Waals surface area contributed by atoms with Crippen LogP contribution < -0.4 is 0 Å². The Morgan fingerprint density at radius 2 is 1.69 bits per heavy atom. The SMILES string of the molecule is O=C(c1nc2ccccc2s1)N1CCN(Cc2nc(-c3ccccc3)cs2)CC1. The Hall–Kier alpha value is -2.61. The fraction of sp³-hybridized carbons (Fsp3) is 0.227. The Balaban J connectivity index is 1.19. The second-order valence-corrected chi connectivity index (χ2v) is 9.02. The van der Waals surface area contributed by atoms with Crippen LogP contribution in [0.5, 0.6) is 0 Å². The van der Waals surface area contributed by atoms with E-state index in [2.05, 4.69) is 27.4 Å². The molecule has 1 aliphatic heterocycles. The maximum absolute atomic E-state index is 12.8. The van der Waals surface area contributed by atoms with Gasteiger partial charge in [0, 0.05) is 37.1 Å². The summed E-state index contributed by atoms with van der Waals surface area (Å²) in [6.45, 7) is 4.01. The van der Waals surface area contributed by atoms with Gasteiger partial charge < -0.3 is 4.90 Å². The fourth-order valence-corrected chi connectivity index (χ4v) is 5.30. The predicted octanol–water partition coefficient (Wildman–Crippen LogP) is 4.38. The zero-order valence-electron chi connectivity index (χ0n) is 15.8. The first-order chi connectivity index (χ1) is 14.3. The lowest BCUT2D eigenvalue weighted by Gasteiger charge is -2.33. The molecule has 29 heavy (non-hydrogen) atoms. The number of para-hydroxylation sites is 1. The van der Waals surface area contributed by atoms with Crippen LogP contribution in [0.2, 0.25) is 0 Å². The van der Waals surface area contributed by atoms with Gasteiger partial charge in [0.15, 0.2) is 5.01 Å². The van der Waals surface area contributed by atoms with Gasteiger partial charge >= 0.3 is 0 Å². The highest BCUT2D eigenvalue weighted by molar-refractivity contribution is 7.20. The summed E-state index contributed by atoms with van der Waals surface area (Å²) in [5, 5.41) is 3.83. The van der Waals surface area contributed by atoms with Gasteiger partial charge in [-0.25, -0.2) is 9.97 Å². The standard InChI is InChI=1S/C22H20N4OS2/c27-22(21-24-17-8-4-5-9-19(17)29-21)26-12-10-25(11-13-26)14-20-23-18(15-28-20)16-6-2-1-3-7-16/h1-9,15H,10-14H2. The van der Waals surface area contributed by atoms with Crippen LogP contribution in [-0.2, 0) is 6.54 Å². The molecule has 0 atom stereocenters. The van der Waals surface area contributed by atoms with Crippen LogP contribution in [0.3, 0.4) is 0 Å². The van der Waals surface area contributed by atoms with Crippen molar-refractivity contribution in [3.8, 4) is 11.3 Å². The number of hydrogen-bond acceptors (Lipinski definition) is 6. The third-order valence-corrected chi connectivity index (χ3v) is 6.97. The van der Waals surface area contributed by atoms with Crippen molar-refractivity contribution in [3.63, 3.8) is 0 Å². The molecule has 2 aromatic heterocycles. The molecule has 3 heterocycles. The van der Waals surface area contributed by atoms with Gasteiger partial charge in [0.05, 0.1) is 22.5 Å². The smallest absolute Gasteiger partial charge is 0.282 e. The molecule has 1 saturated heterocycles. The van der Waals surface area contributed by atoms with Gasteiger partial charge in [0.1, 0.15) is 5.01 Å². The summed E-state index contributed by atoms with van der Waals surface area (Å²) in [4.78, 5) is 26.4.